The normalized spacial score (nSPS) is 13.4. The molecule has 1 amide bonds. The third kappa shape index (κ3) is 4.84. The summed E-state index contributed by atoms with van der Waals surface area (Å²) < 4.78 is 0. The van der Waals surface area contributed by atoms with Gasteiger partial charge in [-0.25, -0.2) is 0 Å². The molecule has 0 fully saturated rings. The molecule has 0 aromatic rings. The number of carbonyl (C=O) groups excluding carboxylic acids is 1. The molecule has 4 heteroatoms. The van der Waals surface area contributed by atoms with E-state index in [1.165, 1.54) is 0 Å². The maximum atomic E-state index is 11.5. The molecular weight excluding hydrogens is 182 g/mol. The van der Waals surface area contributed by atoms with Gasteiger partial charge in [0.25, 0.3) is 0 Å². The van der Waals surface area contributed by atoms with E-state index < -0.39 is 5.97 Å². The highest BCUT2D eigenvalue weighted by Crippen LogP contribution is 2.25. The third-order valence-corrected chi connectivity index (χ3v) is 2.33. The van der Waals surface area contributed by atoms with E-state index in [0.717, 1.165) is 0 Å². The molecule has 0 radical (unpaired) electrons. The molecule has 0 aromatic carbocycles. The van der Waals surface area contributed by atoms with Gasteiger partial charge in [0.15, 0.2) is 0 Å². The van der Waals surface area contributed by atoms with E-state index >= 15 is 0 Å². The van der Waals surface area contributed by atoms with Crippen LogP contribution in [-0.2, 0) is 9.59 Å². The molecule has 1 atom stereocenters. The summed E-state index contributed by atoms with van der Waals surface area (Å²) in [4.78, 5) is 21.7. The van der Waals surface area contributed by atoms with Crippen LogP contribution >= 0.6 is 0 Å². The summed E-state index contributed by atoms with van der Waals surface area (Å²) in [5, 5.41) is 11.0. The van der Waals surface area contributed by atoms with Crippen molar-refractivity contribution in [2.75, 3.05) is 6.54 Å². The van der Waals surface area contributed by atoms with E-state index in [1.807, 2.05) is 27.7 Å². The van der Waals surface area contributed by atoms with Crippen LogP contribution in [0.1, 0.15) is 34.1 Å². The lowest BCUT2D eigenvalue weighted by Gasteiger charge is -2.25. The van der Waals surface area contributed by atoms with Crippen LogP contribution in [0.5, 0.6) is 0 Å². The molecule has 14 heavy (non-hydrogen) atoms. The molecule has 0 rings (SSSR count). The minimum absolute atomic E-state index is 0.0252. The molecule has 0 heterocycles. The number of carboxylic acids is 1. The second-order valence-electron chi connectivity index (χ2n) is 4.52. The molecule has 82 valence electrons. The van der Waals surface area contributed by atoms with Gasteiger partial charge in [0.05, 0.1) is 6.42 Å². The maximum absolute atomic E-state index is 11.5. The summed E-state index contributed by atoms with van der Waals surface area (Å²) in [5.74, 6) is -1.09. The van der Waals surface area contributed by atoms with Gasteiger partial charge in [-0.1, -0.05) is 27.7 Å². The first-order chi connectivity index (χ1) is 6.25. The van der Waals surface area contributed by atoms with Crippen molar-refractivity contribution in [3.05, 3.63) is 0 Å². The Labute approximate surface area is 84.7 Å². The number of rotatable bonds is 4. The van der Waals surface area contributed by atoms with Gasteiger partial charge in [-0.05, 0) is 5.41 Å². The molecule has 0 bridgehead atoms. The number of hydrogen-bond donors (Lipinski definition) is 2. The van der Waals surface area contributed by atoms with Crippen molar-refractivity contribution in [3.63, 3.8) is 0 Å². The van der Waals surface area contributed by atoms with Crippen LogP contribution in [0.4, 0.5) is 0 Å². The van der Waals surface area contributed by atoms with Crippen molar-refractivity contribution >= 4 is 11.9 Å². The van der Waals surface area contributed by atoms with Crippen molar-refractivity contribution in [3.8, 4) is 0 Å². The van der Waals surface area contributed by atoms with Crippen LogP contribution in [0.2, 0.25) is 0 Å². The largest absolute Gasteiger partial charge is 0.481 e. The maximum Gasteiger partial charge on any atom is 0.305 e. The molecule has 0 aliphatic rings. The highest BCUT2D eigenvalue weighted by atomic mass is 16.4. The summed E-state index contributed by atoms with van der Waals surface area (Å²) >= 11 is 0. The average molecular weight is 201 g/mol. The van der Waals surface area contributed by atoms with Crippen molar-refractivity contribution in [2.24, 2.45) is 11.3 Å². The SMILES string of the molecule is CC(C(=O)NCCC(=O)O)C(C)(C)C. The molecule has 0 aromatic heterocycles. The van der Waals surface area contributed by atoms with Crippen molar-refractivity contribution in [1.82, 2.24) is 5.32 Å². The molecule has 1 unspecified atom stereocenters. The average Bonchev–Trinajstić information content (AvgIpc) is 2.00. The van der Waals surface area contributed by atoms with Gasteiger partial charge in [0.1, 0.15) is 0 Å². The van der Waals surface area contributed by atoms with Gasteiger partial charge < -0.3 is 10.4 Å². The van der Waals surface area contributed by atoms with Gasteiger partial charge >= 0.3 is 5.97 Å². The first kappa shape index (κ1) is 12.9. The van der Waals surface area contributed by atoms with Crippen molar-refractivity contribution < 1.29 is 14.7 Å². The van der Waals surface area contributed by atoms with Crippen LogP contribution in [0.3, 0.4) is 0 Å². The van der Waals surface area contributed by atoms with Gasteiger partial charge in [-0.2, -0.15) is 0 Å². The number of carbonyl (C=O) groups is 2. The fourth-order valence-corrected chi connectivity index (χ4v) is 0.839. The Morgan fingerprint density at radius 2 is 1.86 bits per heavy atom. The summed E-state index contributed by atoms with van der Waals surface area (Å²) in [6.45, 7) is 7.99. The fraction of sp³-hybridized carbons (Fsp3) is 0.800. The van der Waals surface area contributed by atoms with Crippen LogP contribution < -0.4 is 5.32 Å². The molecule has 0 saturated carbocycles. The standard InChI is InChI=1S/C10H19NO3/c1-7(10(2,3)4)9(14)11-6-5-8(12)13/h7H,5-6H2,1-4H3,(H,11,14)(H,12,13). The minimum atomic E-state index is -0.895. The van der Waals surface area contributed by atoms with Crippen LogP contribution in [0.15, 0.2) is 0 Å². The second kappa shape index (κ2) is 4.98. The van der Waals surface area contributed by atoms with Crippen molar-refractivity contribution in [1.29, 1.82) is 0 Å². The monoisotopic (exact) mass is 201 g/mol. The van der Waals surface area contributed by atoms with E-state index in [1.54, 1.807) is 0 Å². The second-order valence-corrected chi connectivity index (χ2v) is 4.52. The quantitative estimate of drug-likeness (QED) is 0.719. The predicted molar refractivity (Wildman–Crippen MR) is 53.9 cm³/mol. The fourth-order valence-electron chi connectivity index (χ4n) is 0.839. The molecule has 0 aliphatic carbocycles. The Balaban J connectivity index is 3.91. The Morgan fingerprint density at radius 1 is 1.36 bits per heavy atom. The Hall–Kier alpha value is -1.06. The molecule has 4 nitrogen and oxygen atoms in total. The molecule has 2 N–H and O–H groups in total. The summed E-state index contributed by atoms with van der Waals surface area (Å²) in [5.41, 5.74) is -0.0900. The number of carboxylic acid groups (broad SMARTS) is 1. The lowest BCUT2D eigenvalue weighted by atomic mass is 9.81. The lowest BCUT2D eigenvalue weighted by molar-refractivity contribution is -0.137. The molecule has 0 aliphatic heterocycles. The van der Waals surface area contributed by atoms with Crippen LogP contribution in [0.25, 0.3) is 0 Å². The highest BCUT2D eigenvalue weighted by molar-refractivity contribution is 5.79. The smallest absolute Gasteiger partial charge is 0.305 e. The lowest BCUT2D eigenvalue weighted by Crippen LogP contribution is -2.37. The van der Waals surface area contributed by atoms with E-state index in [2.05, 4.69) is 5.32 Å². The number of aliphatic carboxylic acids is 1. The van der Waals surface area contributed by atoms with E-state index in [9.17, 15) is 9.59 Å². The number of hydrogen-bond acceptors (Lipinski definition) is 2. The minimum Gasteiger partial charge on any atom is -0.481 e. The summed E-state index contributed by atoms with van der Waals surface area (Å²) in [6.07, 6.45) is -0.0252. The summed E-state index contributed by atoms with van der Waals surface area (Å²) in [7, 11) is 0. The van der Waals surface area contributed by atoms with Crippen LogP contribution in [-0.4, -0.2) is 23.5 Å². The Morgan fingerprint density at radius 3 is 2.21 bits per heavy atom. The predicted octanol–water partition coefficient (Wildman–Crippen LogP) is 1.26. The van der Waals surface area contributed by atoms with Gasteiger partial charge in [-0.3, -0.25) is 9.59 Å². The zero-order valence-electron chi connectivity index (χ0n) is 9.26. The molecular formula is C10H19NO3. The molecule has 0 saturated heterocycles. The van der Waals surface area contributed by atoms with Crippen molar-refractivity contribution in [2.45, 2.75) is 34.1 Å². The van der Waals surface area contributed by atoms with E-state index in [-0.39, 0.29) is 30.2 Å². The Kier molecular flexibility index (Phi) is 4.60. The number of nitrogens with one attached hydrogen (secondary N) is 1. The first-order valence-electron chi connectivity index (χ1n) is 4.74. The third-order valence-electron chi connectivity index (χ3n) is 2.33. The molecule has 0 spiro atoms. The highest BCUT2D eigenvalue weighted by Gasteiger charge is 2.26. The zero-order valence-corrected chi connectivity index (χ0v) is 9.26. The van der Waals surface area contributed by atoms with E-state index in [4.69, 9.17) is 5.11 Å². The Bertz CT molecular complexity index is 218. The summed E-state index contributed by atoms with van der Waals surface area (Å²) in [6, 6.07) is 0. The van der Waals surface area contributed by atoms with E-state index in [0.29, 0.717) is 0 Å². The topological polar surface area (TPSA) is 66.4 Å². The van der Waals surface area contributed by atoms with Gasteiger partial charge in [-0.15, -0.1) is 0 Å². The van der Waals surface area contributed by atoms with Gasteiger partial charge in [0.2, 0.25) is 5.91 Å². The number of amides is 1. The zero-order chi connectivity index (χ0) is 11.4. The van der Waals surface area contributed by atoms with Crippen LogP contribution in [0, 0.1) is 11.3 Å². The first-order valence-corrected chi connectivity index (χ1v) is 4.74. The van der Waals surface area contributed by atoms with Gasteiger partial charge in [0, 0.05) is 12.5 Å².